The van der Waals surface area contributed by atoms with E-state index in [0.29, 0.717) is 31.4 Å². The van der Waals surface area contributed by atoms with Crippen molar-refractivity contribution in [3.63, 3.8) is 0 Å². The number of benzene rings is 1. The van der Waals surface area contributed by atoms with Gasteiger partial charge in [-0.2, -0.15) is 0 Å². The molecule has 1 aromatic rings. The Kier molecular flexibility index (Phi) is 6.25. The minimum Gasteiger partial charge on any atom is -0.496 e. The number of nitrogens with zero attached hydrogens (tertiary/aromatic N) is 1. The molecular weight excluding hydrogens is 360 g/mol. The number of nitrogens with one attached hydrogen (secondary N) is 1. The van der Waals surface area contributed by atoms with E-state index in [9.17, 15) is 18.0 Å². The first-order valence-electron chi connectivity index (χ1n) is 8.30. The minimum absolute atomic E-state index is 0.0242. The highest BCUT2D eigenvalue weighted by Gasteiger charge is 2.29. The first kappa shape index (κ1) is 20.2. The number of amides is 1. The van der Waals surface area contributed by atoms with E-state index >= 15 is 0 Å². The summed E-state index contributed by atoms with van der Waals surface area (Å²) in [5.74, 6) is -1.32. The van der Waals surface area contributed by atoms with Crippen LogP contribution in [0.2, 0.25) is 0 Å². The minimum atomic E-state index is -3.83. The molecule has 1 saturated carbocycles. The zero-order valence-electron chi connectivity index (χ0n) is 15.1. The van der Waals surface area contributed by atoms with Gasteiger partial charge in [-0.1, -0.05) is 0 Å². The summed E-state index contributed by atoms with van der Waals surface area (Å²) in [4.78, 5) is 24.6. The number of hydrogen-bond acceptors (Lipinski definition) is 5. The van der Waals surface area contributed by atoms with E-state index in [-0.39, 0.29) is 22.4 Å². The van der Waals surface area contributed by atoms with Crippen molar-refractivity contribution in [3.05, 3.63) is 23.8 Å². The Morgan fingerprint density at radius 1 is 1.19 bits per heavy atom. The van der Waals surface area contributed by atoms with E-state index < -0.39 is 21.9 Å². The van der Waals surface area contributed by atoms with Crippen LogP contribution >= 0.6 is 0 Å². The molecule has 0 aliphatic heterocycles. The number of carboxylic acids is 1. The molecule has 0 spiro atoms. The Morgan fingerprint density at radius 3 is 2.31 bits per heavy atom. The number of ether oxygens (including phenoxy) is 1. The quantitative estimate of drug-likeness (QED) is 0.765. The molecule has 0 unspecified atom stereocenters. The second-order valence-electron chi connectivity index (χ2n) is 6.57. The first-order chi connectivity index (χ1) is 12.2. The van der Waals surface area contributed by atoms with Crippen molar-refractivity contribution >= 4 is 21.9 Å². The molecule has 1 fully saturated rings. The van der Waals surface area contributed by atoms with Gasteiger partial charge in [0.25, 0.3) is 5.91 Å². The number of aliphatic carboxylic acids is 1. The summed E-state index contributed by atoms with van der Waals surface area (Å²) in [5, 5.41) is 9.03. The molecule has 144 valence electrons. The lowest BCUT2D eigenvalue weighted by atomic mass is 9.87. The van der Waals surface area contributed by atoms with Crippen LogP contribution in [0.1, 0.15) is 36.0 Å². The molecule has 2 N–H and O–H groups in total. The number of carbonyl (C=O) groups excluding carboxylic acids is 1. The van der Waals surface area contributed by atoms with Gasteiger partial charge in [0, 0.05) is 20.1 Å². The van der Waals surface area contributed by atoms with Gasteiger partial charge in [0.05, 0.1) is 23.5 Å². The standard InChI is InChI=1S/C17H24N2O6S/c1-19(2)16(20)14-10-13(8-9-15(14)25-3)26(23,24)18-12-6-4-11(5-7-12)17(21)22/h8-12,18H,4-7H2,1-3H3,(H,21,22). The zero-order chi connectivity index (χ0) is 19.5. The van der Waals surface area contributed by atoms with Crippen LogP contribution in [-0.2, 0) is 14.8 Å². The Bertz CT molecular complexity index is 782. The summed E-state index contributed by atoms with van der Waals surface area (Å²) in [7, 11) is 0.727. The van der Waals surface area contributed by atoms with E-state index in [1.165, 1.54) is 30.2 Å². The van der Waals surface area contributed by atoms with Crippen LogP contribution in [0.3, 0.4) is 0 Å². The zero-order valence-corrected chi connectivity index (χ0v) is 15.9. The van der Waals surface area contributed by atoms with Crippen molar-refractivity contribution in [2.45, 2.75) is 36.6 Å². The molecule has 1 amide bonds. The lowest BCUT2D eigenvalue weighted by Gasteiger charge is -2.26. The van der Waals surface area contributed by atoms with Crippen molar-refractivity contribution in [1.29, 1.82) is 0 Å². The van der Waals surface area contributed by atoms with Gasteiger partial charge in [0.2, 0.25) is 10.0 Å². The second-order valence-corrected chi connectivity index (χ2v) is 8.28. The molecule has 0 heterocycles. The first-order valence-corrected chi connectivity index (χ1v) is 9.79. The van der Waals surface area contributed by atoms with E-state index in [0.717, 1.165) is 0 Å². The van der Waals surface area contributed by atoms with E-state index in [2.05, 4.69) is 4.72 Å². The monoisotopic (exact) mass is 384 g/mol. The molecule has 8 nitrogen and oxygen atoms in total. The summed E-state index contributed by atoms with van der Waals surface area (Å²) >= 11 is 0. The summed E-state index contributed by atoms with van der Waals surface area (Å²) < 4.78 is 33.1. The second kappa shape index (κ2) is 8.05. The topological polar surface area (TPSA) is 113 Å². The van der Waals surface area contributed by atoms with Gasteiger partial charge in [-0.15, -0.1) is 0 Å². The number of carbonyl (C=O) groups is 2. The Morgan fingerprint density at radius 2 is 1.81 bits per heavy atom. The normalized spacial score (nSPS) is 20.4. The van der Waals surface area contributed by atoms with Crippen LogP contribution in [0.4, 0.5) is 0 Å². The van der Waals surface area contributed by atoms with Gasteiger partial charge in [0.15, 0.2) is 0 Å². The molecule has 0 atom stereocenters. The maximum Gasteiger partial charge on any atom is 0.306 e. The third-order valence-electron chi connectivity index (χ3n) is 4.52. The molecule has 0 radical (unpaired) electrons. The van der Waals surface area contributed by atoms with E-state index in [1.807, 2.05) is 0 Å². The predicted molar refractivity (Wildman–Crippen MR) is 94.7 cm³/mol. The van der Waals surface area contributed by atoms with E-state index in [1.54, 1.807) is 14.1 Å². The van der Waals surface area contributed by atoms with Crippen LogP contribution in [0.15, 0.2) is 23.1 Å². The SMILES string of the molecule is COc1ccc(S(=O)(=O)NC2CCC(C(=O)O)CC2)cc1C(=O)N(C)C. The van der Waals surface area contributed by atoms with Gasteiger partial charge in [0.1, 0.15) is 5.75 Å². The van der Waals surface area contributed by atoms with Gasteiger partial charge >= 0.3 is 5.97 Å². The summed E-state index contributed by atoms with van der Waals surface area (Å²) in [5.41, 5.74) is 0.162. The Hall–Kier alpha value is -2.13. The number of sulfonamides is 1. The summed E-state index contributed by atoms with van der Waals surface area (Å²) in [6.07, 6.45) is 1.82. The summed E-state index contributed by atoms with van der Waals surface area (Å²) in [6.45, 7) is 0. The average Bonchev–Trinajstić information content (AvgIpc) is 2.60. The van der Waals surface area contributed by atoms with Crippen LogP contribution in [0.25, 0.3) is 0 Å². The lowest BCUT2D eigenvalue weighted by Crippen LogP contribution is -2.38. The van der Waals surface area contributed by atoms with E-state index in [4.69, 9.17) is 9.84 Å². The molecule has 1 aliphatic carbocycles. The maximum atomic E-state index is 12.7. The number of hydrogen-bond donors (Lipinski definition) is 2. The van der Waals surface area contributed by atoms with Gasteiger partial charge in [-0.25, -0.2) is 13.1 Å². The highest BCUT2D eigenvalue weighted by molar-refractivity contribution is 7.89. The smallest absolute Gasteiger partial charge is 0.306 e. The molecule has 2 rings (SSSR count). The molecule has 26 heavy (non-hydrogen) atoms. The fourth-order valence-corrected chi connectivity index (χ4v) is 4.34. The highest BCUT2D eigenvalue weighted by Crippen LogP contribution is 2.27. The van der Waals surface area contributed by atoms with Crippen molar-refractivity contribution in [3.8, 4) is 5.75 Å². The largest absolute Gasteiger partial charge is 0.496 e. The van der Waals surface area contributed by atoms with Crippen molar-refractivity contribution in [2.24, 2.45) is 5.92 Å². The molecule has 0 saturated heterocycles. The van der Waals surface area contributed by atoms with Crippen LogP contribution in [0.5, 0.6) is 5.75 Å². The predicted octanol–water partition coefficient (Wildman–Crippen LogP) is 1.32. The highest BCUT2D eigenvalue weighted by atomic mass is 32.2. The molecule has 9 heteroatoms. The van der Waals surface area contributed by atoms with Crippen LogP contribution < -0.4 is 9.46 Å². The maximum absolute atomic E-state index is 12.7. The van der Waals surface area contributed by atoms with Crippen molar-refractivity contribution < 1.29 is 27.9 Å². The van der Waals surface area contributed by atoms with Crippen molar-refractivity contribution in [1.82, 2.24) is 9.62 Å². The molecule has 0 aromatic heterocycles. The fourth-order valence-electron chi connectivity index (χ4n) is 3.01. The third kappa shape index (κ3) is 4.53. The van der Waals surface area contributed by atoms with Gasteiger partial charge in [-0.3, -0.25) is 9.59 Å². The van der Waals surface area contributed by atoms with Gasteiger partial charge < -0.3 is 14.7 Å². The average molecular weight is 384 g/mol. The molecule has 1 aromatic carbocycles. The van der Waals surface area contributed by atoms with Crippen molar-refractivity contribution in [2.75, 3.05) is 21.2 Å². The third-order valence-corrected chi connectivity index (χ3v) is 6.03. The molecule has 0 bridgehead atoms. The number of methoxy groups -OCH3 is 1. The number of rotatable bonds is 6. The number of carboxylic acid groups (broad SMARTS) is 1. The van der Waals surface area contributed by atoms with Crippen LogP contribution in [0, 0.1) is 5.92 Å². The Balaban J connectivity index is 2.20. The fraction of sp³-hybridized carbons (Fsp3) is 0.529. The Labute approximate surface area is 153 Å². The molecular formula is C17H24N2O6S. The summed E-state index contributed by atoms with van der Waals surface area (Å²) in [6, 6.07) is 3.82. The van der Waals surface area contributed by atoms with Crippen LogP contribution in [-0.4, -0.2) is 57.5 Å². The lowest BCUT2D eigenvalue weighted by molar-refractivity contribution is -0.142. The molecule has 1 aliphatic rings. The van der Waals surface area contributed by atoms with Gasteiger partial charge in [-0.05, 0) is 43.9 Å².